The van der Waals surface area contributed by atoms with Gasteiger partial charge in [0.2, 0.25) is 11.8 Å². The number of hydrogen-bond acceptors (Lipinski definition) is 5. The summed E-state index contributed by atoms with van der Waals surface area (Å²) in [6.07, 6.45) is 0.678. The van der Waals surface area contributed by atoms with E-state index >= 15 is 0 Å². The first-order valence-corrected chi connectivity index (χ1v) is 15.6. The lowest BCUT2D eigenvalue weighted by molar-refractivity contribution is -0.139. The molecule has 0 aromatic heterocycles. The van der Waals surface area contributed by atoms with Crippen molar-refractivity contribution in [2.45, 2.75) is 57.6 Å². The van der Waals surface area contributed by atoms with Crippen LogP contribution in [0.1, 0.15) is 39.7 Å². The maximum Gasteiger partial charge on any atom is 0.264 e. The number of hydrogen-bond donors (Lipinski definition) is 1. The molecule has 2 atom stereocenters. The van der Waals surface area contributed by atoms with E-state index in [-0.39, 0.29) is 28.2 Å². The van der Waals surface area contributed by atoms with Crippen molar-refractivity contribution in [2.75, 3.05) is 17.5 Å². The fourth-order valence-electron chi connectivity index (χ4n) is 4.02. The summed E-state index contributed by atoms with van der Waals surface area (Å²) in [6, 6.07) is 14.3. The lowest BCUT2D eigenvalue weighted by Gasteiger charge is -2.32. The molecule has 3 aromatic carbocycles. The van der Waals surface area contributed by atoms with Crippen molar-refractivity contribution in [3.8, 4) is 5.75 Å². The minimum Gasteiger partial charge on any atom is -0.494 e. The van der Waals surface area contributed by atoms with Crippen molar-refractivity contribution in [3.63, 3.8) is 0 Å². The highest BCUT2D eigenvalue weighted by Gasteiger charge is 2.33. The van der Waals surface area contributed by atoms with Crippen LogP contribution >= 0.6 is 23.2 Å². The number of halogens is 3. The summed E-state index contributed by atoms with van der Waals surface area (Å²) in [5, 5.41) is 3.46. The van der Waals surface area contributed by atoms with Crippen molar-refractivity contribution in [2.24, 2.45) is 0 Å². The van der Waals surface area contributed by atoms with E-state index < -0.39 is 40.2 Å². The lowest BCUT2D eigenvalue weighted by Crippen LogP contribution is -2.52. The molecule has 0 spiro atoms. The van der Waals surface area contributed by atoms with E-state index in [0.717, 1.165) is 16.4 Å². The van der Waals surface area contributed by atoms with E-state index in [0.29, 0.717) is 29.4 Å². The van der Waals surface area contributed by atoms with Crippen LogP contribution < -0.4 is 14.4 Å². The van der Waals surface area contributed by atoms with E-state index in [2.05, 4.69) is 5.32 Å². The van der Waals surface area contributed by atoms with Crippen LogP contribution in [0.25, 0.3) is 0 Å². The van der Waals surface area contributed by atoms with Crippen LogP contribution in [0.5, 0.6) is 5.75 Å². The second-order valence-corrected chi connectivity index (χ2v) is 12.3. The summed E-state index contributed by atoms with van der Waals surface area (Å²) in [5.41, 5.74) is 0.661. The van der Waals surface area contributed by atoms with Gasteiger partial charge in [-0.15, -0.1) is 0 Å². The van der Waals surface area contributed by atoms with Crippen LogP contribution in [0.4, 0.5) is 10.1 Å². The average molecular weight is 639 g/mol. The van der Waals surface area contributed by atoms with E-state index in [9.17, 15) is 22.4 Å². The van der Waals surface area contributed by atoms with Gasteiger partial charge < -0.3 is 15.0 Å². The molecular formula is C30H34Cl2FN3O5S. The maximum absolute atomic E-state index is 14.0. The first-order valence-electron chi connectivity index (χ1n) is 13.4. The standard InChI is InChI=1S/C30H34Cl2FN3O5S/c1-5-20(3)34-30(38)21(4)35(18-22-7-16-27(31)28(32)17-22)29(37)19-36(24-10-8-23(33)9-11-24)42(39,40)26-14-12-25(13-15-26)41-6-2/h7-17,20-21H,5-6,18-19H2,1-4H3,(H,34,38)/t20-,21+/m0/s1. The molecule has 1 N–H and O–H groups in total. The van der Waals surface area contributed by atoms with Crippen LogP contribution in [0, 0.1) is 5.82 Å². The summed E-state index contributed by atoms with van der Waals surface area (Å²) >= 11 is 12.3. The molecule has 0 aliphatic rings. The summed E-state index contributed by atoms with van der Waals surface area (Å²) in [4.78, 5) is 28.3. The average Bonchev–Trinajstić information content (AvgIpc) is 2.96. The molecule has 3 rings (SSSR count). The molecular weight excluding hydrogens is 604 g/mol. The van der Waals surface area contributed by atoms with E-state index in [4.69, 9.17) is 27.9 Å². The molecule has 0 heterocycles. The van der Waals surface area contributed by atoms with Gasteiger partial charge in [-0.3, -0.25) is 13.9 Å². The smallest absolute Gasteiger partial charge is 0.264 e. The highest BCUT2D eigenvalue weighted by Crippen LogP contribution is 2.27. The van der Waals surface area contributed by atoms with Gasteiger partial charge in [-0.2, -0.15) is 0 Å². The van der Waals surface area contributed by atoms with Gasteiger partial charge >= 0.3 is 0 Å². The zero-order valence-corrected chi connectivity index (χ0v) is 26.1. The molecule has 8 nitrogen and oxygen atoms in total. The number of amides is 2. The van der Waals surface area contributed by atoms with Crippen molar-refractivity contribution >= 4 is 50.7 Å². The first kappa shape index (κ1) is 33.2. The summed E-state index contributed by atoms with van der Waals surface area (Å²) < 4.78 is 47.9. The number of rotatable bonds is 13. The quantitative estimate of drug-likeness (QED) is 0.246. The Morgan fingerprint density at radius 3 is 2.17 bits per heavy atom. The second kappa shape index (κ2) is 14.7. The second-order valence-electron chi connectivity index (χ2n) is 9.66. The topological polar surface area (TPSA) is 96.0 Å². The fourth-order valence-corrected chi connectivity index (χ4v) is 5.76. The zero-order chi connectivity index (χ0) is 31.0. The normalized spacial score (nSPS) is 12.7. The monoisotopic (exact) mass is 637 g/mol. The fraction of sp³-hybridized carbons (Fsp3) is 0.333. The molecule has 0 fully saturated rings. The Balaban J connectivity index is 2.03. The van der Waals surface area contributed by atoms with Crippen LogP contribution in [-0.2, 0) is 26.2 Å². The molecule has 0 saturated carbocycles. The molecule has 0 radical (unpaired) electrons. The third-order valence-corrected chi connectivity index (χ3v) is 9.15. The van der Waals surface area contributed by atoms with Crippen molar-refractivity contribution in [1.82, 2.24) is 10.2 Å². The first-order chi connectivity index (χ1) is 19.9. The Morgan fingerprint density at radius 2 is 1.60 bits per heavy atom. The number of benzene rings is 3. The summed E-state index contributed by atoms with van der Waals surface area (Å²) in [5.74, 6) is -1.15. The number of nitrogens with one attached hydrogen (secondary N) is 1. The SMILES string of the molecule is CCOc1ccc(S(=O)(=O)N(CC(=O)N(Cc2ccc(Cl)c(Cl)c2)[C@H](C)C(=O)N[C@@H](C)CC)c2ccc(F)cc2)cc1. The van der Waals surface area contributed by atoms with Crippen LogP contribution in [0.3, 0.4) is 0 Å². The van der Waals surface area contributed by atoms with Crippen molar-refractivity contribution < 1.29 is 27.1 Å². The number of carbonyl (C=O) groups is 2. The minimum absolute atomic E-state index is 0.0504. The Labute approximate surface area is 256 Å². The van der Waals surface area contributed by atoms with E-state index in [1.165, 1.54) is 41.3 Å². The van der Waals surface area contributed by atoms with Crippen molar-refractivity contribution in [1.29, 1.82) is 0 Å². The van der Waals surface area contributed by atoms with Gasteiger partial charge in [0.15, 0.2) is 0 Å². The van der Waals surface area contributed by atoms with Gasteiger partial charge in [-0.25, -0.2) is 12.8 Å². The predicted octanol–water partition coefficient (Wildman–Crippen LogP) is 6.06. The molecule has 0 aliphatic heterocycles. The molecule has 3 aromatic rings. The van der Waals surface area contributed by atoms with Gasteiger partial charge in [-0.05, 0) is 93.4 Å². The number of carbonyl (C=O) groups excluding carboxylic acids is 2. The molecule has 2 amide bonds. The van der Waals surface area contributed by atoms with E-state index in [1.807, 2.05) is 13.8 Å². The minimum atomic E-state index is -4.31. The third-order valence-electron chi connectivity index (χ3n) is 6.62. The molecule has 226 valence electrons. The Hall–Kier alpha value is -3.34. The lowest BCUT2D eigenvalue weighted by atomic mass is 10.1. The zero-order valence-electron chi connectivity index (χ0n) is 23.8. The van der Waals surface area contributed by atoms with Crippen LogP contribution in [-0.4, -0.2) is 50.4 Å². The molecule has 0 unspecified atom stereocenters. The highest BCUT2D eigenvalue weighted by atomic mass is 35.5. The summed E-state index contributed by atoms with van der Waals surface area (Å²) in [6.45, 7) is 6.82. The number of sulfonamides is 1. The predicted molar refractivity (Wildman–Crippen MR) is 163 cm³/mol. The van der Waals surface area contributed by atoms with Gasteiger partial charge in [-0.1, -0.05) is 36.2 Å². The number of nitrogens with zero attached hydrogens (tertiary/aromatic N) is 2. The largest absolute Gasteiger partial charge is 0.494 e. The Morgan fingerprint density at radius 1 is 0.952 bits per heavy atom. The van der Waals surface area contributed by atoms with E-state index in [1.54, 1.807) is 32.0 Å². The van der Waals surface area contributed by atoms with Crippen LogP contribution in [0.15, 0.2) is 71.6 Å². The van der Waals surface area contributed by atoms with Crippen LogP contribution in [0.2, 0.25) is 10.0 Å². The highest BCUT2D eigenvalue weighted by molar-refractivity contribution is 7.92. The maximum atomic E-state index is 14.0. The molecule has 12 heteroatoms. The molecule has 0 aliphatic carbocycles. The van der Waals surface area contributed by atoms with Gasteiger partial charge in [0.25, 0.3) is 10.0 Å². The Kier molecular flexibility index (Phi) is 11.6. The van der Waals surface area contributed by atoms with Gasteiger partial charge in [0.1, 0.15) is 24.2 Å². The van der Waals surface area contributed by atoms with Gasteiger partial charge in [0.05, 0.1) is 27.2 Å². The third kappa shape index (κ3) is 8.36. The number of anilines is 1. The Bertz CT molecular complexity index is 1490. The van der Waals surface area contributed by atoms with Gasteiger partial charge in [0, 0.05) is 12.6 Å². The molecule has 0 saturated heterocycles. The molecule has 42 heavy (non-hydrogen) atoms. The summed E-state index contributed by atoms with van der Waals surface area (Å²) in [7, 11) is -4.31. The van der Waals surface area contributed by atoms with Crippen molar-refractivity contribution in [3.05, 3.63) is 88.2 Å². The molecule has 0 bridgehead atoms. The number of ether oxygens (including phenoxy) is 1.